The molecule has 0 unspecified atom stereocenters. The Morgan fingerprint density at radius 2 is 1.78 bits per heavy atom. The van der Waals surface area contributed by atoms with Crippen LogP contribution in [0.1, 0.15) is 5.56 Å². The highest BCUT2D eigenvalue weighted by Gasteiger charge is 2.33. The molecule has 5 nitrogen and oxygen atoms in total. The van der Waals surface area contributed by atoms with Crippen LogP contribution in [0, 0.1) is 0 Å². The number of hydrogen-bond donors (Lipinski definition) is 0. The average molecular weight is 401 g/mol. The van der Waals surface area contributed by atoms with Gasteiger partial charge in [-0.25, -0.2) is 0 Å². The summed E-state index contributed by atoms with van der Waals surface area (Å²) in [5, 5.41) is 0. The molecular formula is C20H20N2O3S2. The third-order valence-electron chi connectivity index (χ3n) is 4.15. The highest BCUT2D eigenvalue weighted by molar-refractivity contribution is 8.27. The Morgan fingerprint density at radius 3 is 2.37 bits per heavy atom. The summed E-state index contributed by atoms with van der Waals surface area (Å²) in [7, 11) is 7.13. The first-order valence-corrected chi connectivity index (χ1v) is 9.44. The van der Waals surface area contributed by atoms with Crippen molar-refractivity contribution in [2.45, 2.75) is 0 Å². The van der Waals surface area contributed by atoms with E-state index in [4.69, 9.17) is 21.7 Å². The summed E-state index contributed by atoms with van der Waals surface area (Å²) in [6, 6.07) is 13.2. The van der Waals surface area contributed by atoms with E-state index in [0.717, 1.165) is 16.9 Å². The maximum atomic E-state index is 12.9. The van der Waals surface area contributed by atoms with E-state index in [1.54, 1.807) is 31.3 Å². The number of amides is 1. The quantitative estimate of drug-likeness (QED) is 0.554. The van der Waals surface area contributed by atoms with E-state index in [1.165, 1.54) is 11.8 Å². The first kappa shape index (κ1) is 19.3. The minimum absolute atomic E-state index is 0.138. The Balaban J connectivity index is 1.91. The number of rotatable bonds is 5. The van der Waals surface area contributed by atoms with Crippen molar-refractivity contribution in [1.29, 1.82) is 0 Å². The zero-order chi connectivity index (χ0) is 19.6. The third kappa shape index (κ3) is 3.94. The van der Waals surface area contributed by atoms with Gasteiger partial charge in [0.25, 0.3) is 5.91 Å². The molecule has 140 valence electrons. The van der Waals surface area contributed by atoms with Crippen LogP contribution in [0.4, 0.5) is 11.4 Å². The topological polar surface area (TPSA) is 42.0 Å². The van der Waals surface area contributed by atoms with Crippen molar-refractivity contribution in [3.8, 4) is 11.5 Å². The Morgan fingerprint density at radius 1 is 1.07 bits per heavy atom. The van der Waals surface area contributed by atoms with E-state index in [1.807, 2.05) is 55.4 Å². The molecule has 1 heterocycles. The van der Waals surface area contributed by atoms with Crippen molar-refractivity contribution in [2.24, 2.45) is 0 Å². The molecule has 3 rings (SSSR count). The fourth-order valence-corrected chi connectivity index (χ4v) is 3.96. The summed E-state index contributed by atoms with van der Waals surface area (Å²) in [5.41, 5.74) is 2.61. The van der Waals surface area contributed by atoms with E-state index in [9.17, 15) is 4.79 Å². The summed E-state index contributed by atoms with van der Waals surface area (Å²) < 4.78 is 11.1. The Kier molecular flexibility index (Phi) is 5.72. The van der Waals surface area contributed by atoms with Gasteiger partial charge in [0.05, 0.1) is 24.8 Å². The lowest BCUT2D eigenvalue weighted by Crippen LogP contribution is -2.27. The average Bonchev–Trinajstić information content (AvgIpc) is 2.95. The van der Waals surface area contributed by atoms with E-state index < -0.39 is 0 Å². The smallest absolute Gasteiger partial charge is 0.270 e. The Labute approximate surface area is 168 Å². The molecule has 0 spiro atoms. The van der Waals surface area contributed by atoms with Gasteiger partial charge in [0, 0.05) is 31.4 Å². The summed E-state index contributed by atoms with van der Waals surface area (Å²) in [6.07, 6.45) is 1.80. The molecule has 1 aliphatic rings. The van der Waals surface area contributed by atoms with Gasteiger partial charge in [-0.2, -0.15) is 0 Å². The molecule has 2 aromatic carbocycles. The molecule has 1 aliphatic heterocycles. The number of nitrogens with zero attached hydrogens (tertiary/aromatic N) is 2. The zero-order valence-electron chi connectivity index (χ0n) is 15.6. The number of thiocarbonyl (C=S) groups is 1. The standard InChI is InChI=1S/C20H20N2O3S2/c1-21(2)14-6-8-15(9-7-14)22-19(23)18(27-20(22)26)11-13-5-10-16(24-3)12-17(13)25-4/h5-12H,1-4H3/b18-11-. The van der Waals surface area contributed by atoms with Gasteiger partial charge in [-0.15, -0.1) is 0 Å². The second kappa shape index (κ2) is 8.02. The van der Waals surface area contributed by atoms with Crippen molar-refractivity contribution in [3.05, 3.63) is 52.9 Å². The van der Waals surface area contributed by atoms with Gasteiger partial charge < -0.3 is 14.4 Å². The van der Waals surface area contributed by atoms with Crippen LogP contribution in [0.2, 0.25) is 0 Å². The van der Waals surface area contributed by atoms with Crippen LogP contribution in [-0.2, 0) is 4.79 Å². The van der Waals surface area contributed by atoms with Crippen LogP contribution in [0.25, 0.3) is 6.08 Å². The van der Waals surface area contributed by atoms with Crippen LogP contribution in [0.15, 0.2) is 47.4 Å². The van der Waals surface area contributed by atoms with Crippen LogP contribution in [-0.4, -0.2) is 38.5 Å². The first-order chi connectivity index (χ1) is 12.9. The molecule has 27 heavy (non-hydrogen) atoms. The number of anilines is 2. The normalized spacial score (nSPS) is 15.4. The molecular weight excluding hydrogens is 380 g/mol. The van der Waals surface area contributed by atoms with Crippen molar-refractivity contribution >= 4 is 51.7 Å². The lowest BCUT2D eigenvalue weighted by atomic mass is 10.1. The molecule has 0 bridgehead atoms. The van der Waals surface area contributed by atoms with Gasteiger partial charge in [-0.05, 0) is 42.5 Å². The molecule has 7 heteroatoms. The molecule has 0 atom stereocenters. The molecule has 0 N–H and O–H groups in total. The molecule has 0 aliphatic carbocycles. The van der Waals surface area contributed by atoms with Crippen molar-refractivity contribution < 1.29 is 14.3 Å². The summed E-state index contributed by atoms with van der Waals surface area (Å²) in [5.74, 6) is 1.19. The Hall–Kier alpha value is -2.51. The summed E-state index contributed by atoms with van der Waals surface area (Å²) in [6.45, 7) is 0. The number of ether oxygens (including phenoxy) is 2. The summed E-state index contributed by atoms with van der Waals surface area (Å²) >= 11 is 6.73. The van der Waals surface area contributed by atoms with E-state index in [2.05, 4.69) is 0 Å². The van der Waals surface area contributed by atoms with Crippen LogP contribution < -0.4 is 19.3 Å². The molecule has 1 amide bonds. The van der Waals surface area contributed by atoms with E-state index >= 15 is 0 Å². The predicted octanol–water partition coefficient (Wildman–Crippen LogP) is 4.18. The van der Waals surface area contributed by atoms with Crippen LogP contribution in [0.3, 0.4) is 0 Å². The van der Waals surface area contributed by atoms with Crippen LogP contribution >= 0.6 is 24.0 Å². The summed E-state index contributed by atoms with van der Waals surface area (Å²) in [4.78, 5) is 17.1. The lowest BCUT2D eigenvalue weighted by molar-refractivity contribution is -0.113. The van der Waals surface area contributed by atoms with Gasteiger partial charge in [0.1, 0.15) is 11.5 Å². The second-order valence-corrected chi connectivity index (χ2v) is 7.71. The van der Waals surface area contributed by atoms with Gasteiger partial charge >= 0.3 is 0 Å². The monoisotopic (exact) mass is 400 g/mol. The molecule has 0 radical (unpaired) electrons. The van der Waals surface area contributed by atoms with E-state index in [-0.39, 0.29) is 5.91 Å². The highest BCUT2D eigenvalue weighted by atomic mass is 32.2. The highest BCUT2D eigenvalue weighted by Crippen LogP contribution is 2.38. The number of hydrogen-bond acceptors (Lipinski definition) is 6. The van der Waals surface area contributed by atoms with Gasteiger partial charge in [-0.3, -0.25) is 9.69 Å². The third-order valence-corrected chi connectivity index (χ3v) is 5.45. The van der Waals surface area contributed by atoms with Crippen molar-refractivity contribution in [2.75, 3.05) is 38.1 Å². The number of benzene rings is 2. The van der Waals surface area contributed by atoms with Crippen molar-refractivity contribution in [3.63, 3.8) is 0 Å². The molecule has 0 aromatic heterocycles. The predicted molar refractivity (Wildman–Crippen MR) is 116 cm³/mol. The molecule has 2 aromatic rings. The number of methoxy groups -OCH3 is 2. The fraction of sp³-hybridized carbons (Fsp3) is 0.200. The van der Waals surface area contributed by atoms with Gasteiger partial charge in [0.2, 0.25) is 0 Å². The molecule has 1 fully saturated rings. The maximum absolute atomic E-state index is 12.9. The molecule has 0 saturated carbocycles. The molecule has 1 saturated heterocycles. The zero-order valence-corrected chi connectivity index (χ0v) is 17.2. The number of carbonyl (C=O) groups excluding carboxylic acids is 1. The first-order valence-electron chi connectivity index (χ1n) is 8.22. The van der Waals surface area contributed by atoms with E-state index in [0.29, 0.717) is 20.7 Å². The Bertz CT molecular complexity index is 908. The van der Waals surface area contributed by atoms with Gasteiger partial charge in [0.15, 0.2) is 4.32 Å². The number of thioether (sulfide) groups is 1. The fourth-order valence-electron chi connectivity index (χ4n) is 2.67. The largest absolute Gasteiger partial charge is 0.497 e. The lowest BCUT2D eigenvalue weighted by Gasteiger charge is -2.17. The maximum Gasteiger partial charge on any atom is 0.270 e. The van der Waals surface area contributed by atoms with Crippen molar-refractivity contribution in [1.82, 2.24) is 0 Å². The second-order valence-electron chi connectivity index (χ2n) is 6.04. The van der Waals surface area contributed by atoms with Gasteiger partial charge in [-0.1, -0.05) is 24.0 Å². The number of carbonyl (C=O) groups is 1. The van der Waals surface area contributed by atoms with Crippen LogP contribution in [0.5, 0.6) is 11.5 Å². The minimum Gasteiger partial charge on any atom is -0.497 e. The SMILES string of the molecule is COc1ccc(/C=C2\SC(=S)N(c3ccc(N(C)C)cc3)C2=O)c(OC)c1. The minimum atomic E-state index is -0.138.